The zero-order chi connectivity index (χ0) is 15.1. The third kappa shape index (κ3) is 1.97. The van der Waals surface area contributed by atoms with Crippen molar-refractivity contribution in [3.05, 3.63) is 16.7 Å². The molecule has 1 fully saturated rings. The van der Waals surface area contributed by atoms with Gasteiger partial charge in [0.05, 0.1) is 18.9 Å². The quantitative estimate of drug-likeness (QED) is 0.479. The number of hydrogen-bond donors (Lipinski definition) is 4. The average molecular weight is 291 g/mol. The van der Waals surface area contributed by atoms with Crippen LogP contribution in [0.4, 0.5) is 5.95 Å². The maximum Gasteiger partial charge on any atom is 0.280 e. The van der Waals surface area contributed by atoms with E-state index in [9.17, 15) is 15.0 Å². The summed E-state index contributed by atoms with van der Waals surface area (Å²) in [4.78, 5) is 22.1. The summed E-state index contributed by atoms with van der Waals surface area (Å²) in [5.74, 6) is 1.66. The smallest absolute Gasteiger partial charge is 0.280 e. The summed E-state index contributed by atoms with van der Waals surface area (Å²) < 4.78 is 6.98. The van der Waals surface area contributed by atoms with Crippen LogP contribution in [0.3, 0.4) is 0 Å². The molecule has 1 saturated heterocycles. The Morgan fingerprint density at radius 1 is 1.62 bits per heavy atom. The van der Waals surface area contributed by atoms with Crippen LogP contribution in [-0.2, 0) is 4.74 Å². The first-order valence-electron chi connectivity index (χ1n) is 6.19. The summed E-state index contributed by atoms with van der Waals surface area (Å²) in [6, 6.07) is 0. The van der Waals surface area contributed by atoms with E-state index in [-0.39, 0.29) is 23.7 Å². The minimum absolute atomic E-state index is 0.0660. The molecular formula is C12H13N5O4. The standard InChI is InChI=1S/C12H13N5O4/c1-2-5-8(19)6(3-18)21-11(5)17-4-14-7-9(17)15-12(13)16-10(7)20/h1,4-6,8,11,18-19H,3H2,(H3,13,15,16,20)/t5-,6-,8+,11-/m1/s1. The topological polar surface area (TPSA) is 139 Å². The van der Waals surface area contributed by atoms with E-state index in [4.69, 9.17) is 16.9 Å². The van der Waals surface area contributed by atoms with Gasteiger partial charge >= 0.3 is 0 Å². The molecule has 0 unspecified atom stereocenters. The number of imidazole rings is 1. The van der Waals surface area contributed by atoms with Crippen molar-refractivity contribution >= 4 is 17.1 Å². The molecule has 9 heteroatoms. The lowest BCUT2D eigenvalue weighted by Gasteiger charge is -2.16. The van der Waals surface area contributed by atoms with Gasteiger partial charge in [-0.05, 0) is 0 Å². The second kappa shape index (κ2) is 4.85. The van der Waals surface area contributed by atoms with Crippen molar-refractivity contribution in [1.82, 2.24) is 19.5 Å². The van der Waals surface area contributed by atoms with Crippen molar-refractivity contribution < 1.29 is 14.9 Å². The molecule has 4 atom stereocenters. The van der Waals surface area contributed by atoms with E-state index in [1.165, 1.54) is 10.9 Å². The molecule has 0 aliphatic carbocycles. The molecule has 21 heavy (non-hydrogen) atoms. The number of rotatable bonds is 2. The lowest BCUT2D eigenvalue weighted by molar-refractivity contribution is -0.0441. The first-order valence-corrected chi connectivity index (χ1v) is 6.19. The zero-order valence-corrected chi connectivity index (χ0v) is 10.8. The summed E-state index contributed by atoms with van der Waals surface area (Å²) in [5.41, 5.74) is 5.33. The highest BCUT2D eigenvalue weighted by molar-refractivity contribution is 5.70. The van der Waals surface area contributed by atoms with Crippen molar-refractivity contribution in [2.24, 2.45) is 5.92 Å². The number of nitrogens with zero attached hydrogens (tertiary/aromatic N) is 3. The van der Waals surface area contributed by atoms with E-state index in [1.807, 2.05) is 0 Å². The molecule has 9 nitrogen and oxygen atoms in total. The molecule has 3 rings (SSSR count). The number of H-pyrrole nitrogens is 1. The molecular weight excluding hydrogens is 278 g/mol. The van der Waals surface area contributed by atoms with Crippen molar-refractivity contribution in [1.29, 1.82) is 0 Å². The molecule has 1 aliphatic rings. The van der Waals surface area contributed by atoms with E-state index in [1.54, 1.807) is 0 Å². The van der Waals surface area contributed by atoms with Gasteiger partial charge in [0.1, 0.15) is 12.2 Å². The van der Waals surface area contributed by atoms with E-state index < -0.39 is 29.9 Å². The van der Waals surface area contributed by atoms with Crippen LogP contribution in [0.25, 0.3) is 11.2 Å². The van der Waals surface area contributed by atoms with Crippen LogP contribution in [0.1, 0.15) is 6.23 Å². The number of aliphatic hydroxyl groups excluding tert-OH is 2. The van der Waals surface area contributed by atoms with Gasteiger partial charge in [-0.1, -0.05) is 5.92 Å². The molecule has 0 bridgehead atoms. The van der Waals surface area contributed by atoms with E-state index in [0.29, 0.717) is 0 Å². The van der Waals surface area contributed by atoms with Gasteiger partial charge in [-0.15, -0.1) is 6.42 Å². The molecule has 0 spiro atoms. The summed E-state index contributed by atoms with van der Waals surface area (Å²) >= 11 is 0. The van der Waals surface area contributed by atoms with Gasteiger partial charge < -0.3 is 20.7 Å². The number of ether oxygens (including phenoxy) is 1. The fourth-order valence-corrected chi connectivity index (χ4v) is 2.44. The largest absolute Gasteiger partial charge is 0.394 e. The van der Waals surface area contributed by atoms with Crippen molar-refractivity contribution in [2.75, 3.05) is 12.3 Å². The molecule has 2 aromatic rings. The van der Waals surface area contributed by atoms with E-state index in [0.717, 1.165) is 0 Å². The lowest BCUT2D eigenvalue weighted by atomic mass is 10.0. The summed E-state index contributed by atoms with van der Waals surface area (Å²) in [7, 11) is 0. The predicted molar refractivity (Wildman–Crippen MR) is 71.9 cm³/mol. The van der Waals surface area contributed by atoms with Crippen molar-refractivity contribution in [3.63, 3.8) is 0 Å². The number of nitrogen functional groups attached to an aromatic ring is 1. The fraction of sp³-hybridized carbons (Fsp3) is 0.417. The molecule has 1 aliphatic heterocycles. The Labute approximate surface area is 118 Å². The van der Waals surface area contributed by atoms with Crippen molar-refractivity contribution in [2.45, 2.75) is 18.4 Å². The Morgan fingerprint density at radius 2 is 2.38 bits per heavy atom. The van der Waals surface area contributed by atoms with Gasteiger partial charge in [0.25, 0.3) is 5.56 Å². The average Bonchev–Trinajstić information content (AvgIpc) is 2.99. The minimum Gasteiger partial charge on any atom is -0.394 e. The Bertz CT molecular complexity index is 776. The highest BCUT2D eigenvalue weighted by Crippen LogP contribution is 2.35. The summed E-state index contributed by atoms with van der Waals surface area (Å²) in [6.07, 6.45) is 4.14. The second-order valence-electron chi connectivity index (χ2n) is 4.71. The Balaban J connectivity index is 2.13. The number of aromatic nitrogens is 4. The summed E-state index contributed by atoms with van der Waals surface area (Å²) in [5, 5.41) is 19.2. The third-order valence-electron chi connectivity index (χ3n) is 3.47. The van der Waals surface area contributed by atoms with Crippen LogP contribution in [0.5, 0.6) is 0 Å². The SMILES string of the molecule is C#C[C@@H]1[C@H](O)[C@@H](CO)O[C@H]1n1cnc2c(=O)[nH]c(N)nc21. The lowest BCUT2D eigenvalue weighted by Crippen LogP contribution is -2.28. The van der Waals surface area contributed by atoms with Crippen molar-refractivity contribution in [3.8, 4) is 12.3 Å². The number of nitrogens with one attached hydrogen (secondary N) is 1. The number of fused-ring (bicyclic) bond motifs is 1. The van der Waals surface area contributed by atoms with E-state index in [2.05, 4.69) is 20.9 Å². The van der Waals surface area contributed by atoms with Gasteiger partial charge in [-0.25, -0.2) is 4.98 Å². The van der Waals surface area contributed by atoms with Gasteiger partial charge in [-0.2, -0.15) is 4.98 Å². The Kier molecular flexibility index (Phi) is 3.13. The van der Waals surface area contributed by atoms with Crippen LogP contribution in [0.15, 0.2) is 11.1 Å². The fourth-order valence-electron chi connectivity index (χ4n) is 2.44. The first-order chi connectivity index (χ1) is 10.1. The molecule has 5 N–H and O–H groups in total. The number of terminal acetylenes is 1. The normalized spacial score (nSPS) is 28.8. The number of aromatic amines is 1. The van der Waals surface area contributed by atoms with Gasteiger partial charge in [0.2, 0.25) is 5.95 Å². The second-order valence-corrected chi connectivity index (χ2v) is 4.71. The molecule has 3 heterocycles. The summed E-state index contributed by atoms with van der Waals surface area (Å²) in [6.45, 7) is -0.376. The Morgan fingerprint density at radius 3 is 3.05 bits per heavy atom. The van der Waals surface area contributed by atoms with Gasteiger partial charge in [0, 0.05) is 0 Å². The zero-order valence-electron chi connectivity index (χ0n) is 10.8. The highest BCUT2D eigenvalue weighted by Gasteiger charge is 2.44. The highest BCUT2D eigenvalue weighted by atomic mass is 16.5. The van der Waals surface area contributed by atoms with Crippen LogP contribution < -0.4 is 11.3 Å². The van der Waals surface area contributed by atoms with Crippen LogP contribution in [-0.4, -0.2) is 48.5 Å². The molecule has 0 radical (unpaired) electrons. The van der Waals surface area contributed by atoms with Gasteiger partial charge in [0.15, 0.2) is 17.4 Å². The Hall–Kier alpha value is -2.41. The monoisotopic (exact) mass is 291 g/mol. The maximum atomic E-state index is 11.7. The molecule has 0 amide bonds. The number of aliphatic hydroxyl groups is 2. The number of nitrogens with two attached hydrogens (primary N) is 1. The molecule has 0 aromatic carbocycles. The first kappa shape index (κ1) is 13.6. The third-order valence-corrected chi connectivity index (χ3v) is 3.47. The van der Waals surface area contributed by atoms with Crippen LogP contribution in [0.2, 0.25) is 0 Å². The maximum absolute atomic E-state index is 11.7. The number of anilines is 1. The van der Waals surface area contributed by atoms with Gasteiger partial charge in [-0.3, -0.25) is 14.3 Å². The number of hydrogen-bond acceptors (Lipinski definition) is 7. The van der Waals surface area contributed by atoms with Crippen LogP contribution in [0, 0.1) is 18.3 Å². The van der Waals surface area contributed by atoms with E-state index >= 15 is 0 Å². The van der Waals surface area contributed by atoms with Crippen LogP contribution >= 0.6 is 0 Å². The minimum atomic E-state index is -1.03. The predicted octanol–water partition coefficient (Wildman–Crippen LogP) is -1.80. The molecule has 2 aromatic heterocycles. The molecule has 0 saturated carbocycles. The molecule has 110 valence electrons.